The van der Waals surface area contributed by atoms with E-state index in [-0.39, 0.29) is 5.25 Å². The molecular formula is C17H27N3O2S2. The highest BCUT2D eigenvalue weighted by Gasteiger charge is 2.17. The zero-order chi connectivity index (χ0) is 17.6. The Morgan fingerprint density at radius 1 is 1.46 bits per heavy atom. The Morgan fingerprint density at radius 2 is 2.17 bits per heavy atom. The van der Waals surface area contributed by atoms with Crippen LogP contribution in [0.1, 0.15) is 36.3 Å². The second-order valence-electron chi connectivity index (χ2n) is 6.28. The molecule has 1 aliphatic rings. The van der Waals surface area contributed by atoms with E-state index >= 15 is 0 Å². The fourth-order valence-corrected chi connectivity index (χ4v) is 4.46. The maximum absolute atomic E-state index is 12.9. The Hall–Kier alpha value is -0.890. The minimum atomic E-state index is -2.42. The smallest absolute Gasteiger partial charge is 0.113 e. The van der Waals surface area contributed by atoms with Crippen LogP contribution in [-0.4, -0.2) is 58.2 Å². The lowest BCUT2D eigenvalue weighted by molar-refractivity contribution is 0.0377. The van der Waals surface area contributed by atoms with Gasteiger partial charge >= 0.3 is 0 Å². The molecule has 0 aromatic carbocycles. The van der Waals surface area contributed by atoms with Gasteiger partial charge in [-0.15, -0.1) is 0 Å². The van der Waals surface area contributed by atoms with Crippen molar-refractivity contribution in [2.24, 2.45) is 4.36 Å². The Labute approximate surface area is 151 Å². The van der Waals surface area contributed by atoms with Gasteiger partial charge in [0, 0.05) is 37.7 Å². The summed E-state index contributed by atoms with van der Waals surface area (Å²) in [6.45, 7) is 8.42. The number of hydrogen-bond donors (Lipinski definition) is 0. The zero-order valence-electron chi connectivity index (χ0n) is 14.7. The molecule has 2 atom stereocenters. The molecule has 5 nitrogen and oxygen atoms in total. The summed E-state index contributed by atoms with van der Waals surface area (Å²) in [7, 11) is -2.42. The van der Waals surface area contributed by atoms with E-state index < -0.39 is 9.73 Å². The van der Waals surface area contributed by atoms with Gasteiger partial charge in [-0.05, 0) is 38.4 Å². The fraction of sp³-hybridized carbons (Fsp3) is 0.647. The molecule has 0 saturated carbocycles. The normalized spacial score (nSPS) is 19.5. The molecule has 7 heteroatoms. The van der Waals surface area contributed by atoms with E-state index in [2.05, 4.69) is 14.2 Å². The number of rotatable bonds is 6. The quantitative estimate of drug-likeness (QED) is 0.722. The van der Waals surface area contributed by atoms with Crippen molar-refractivity contribution in [3.8, 4) is 0 Å². The fourth-order valence-electron chi connectivity index (χ4n) is 2.58. The third-order valence-electron chi connectivity index (χ3n) is 4.31. The topological polar surface area (TPSA) is 54.8 Å². The average Bonchev–Trinajstić information content (AvgIpc) is 2.55. The molecule has 0 aliphatic carbocycles. The van der Waals surface area contributed by atoms with Crippen molar-refractivity contribution in [3.05, 3.63) is 29.6 Å². The molecule has 0 radical (unpaired) electrons. The van der Waals surface area contributed by atoms with Gasteiger partial charge in [0.05, 0.1) is 28.2 Å². The molecule has 1 aromatic heterocycles. The van der Waals surface area contributed by atoms with Crippen molar-refractivity contribution < 1.29 is 8.95 Å². The van der Waals surface area contributed by atoms with Crippen molar-refractivity contribution in [3.63, 3.8) is 0 Å². The number of aromatic nitrogens is 1. The molecule has 1 aromatic rings. The maximum atomic E-state index is 12.9. The van der Waals surface area contributed by atoms with E-state index in [1.165, 1.54) is 0 Å². The highest BCUT2D eigenvalue weighted by atomic mass is 32.2. The van der Waals surface area contributed by atoms with Gasteiger partial charge in [0.1, 0.15) is 4.99 Å². The van der Waals surface area contributed by atoms with Crippen LogP contribution in [0, 0.1) is 6.92 Å². The molecule has 0 N–H and O–H groups in total. The van der Waals surface area contributed by atoms with E-state index in [0.29, 0.717) is 11.4 Å². The van der Waals surface area contributed by atoms with Crippen molar-refractivity contribution in [1.29, 1.82) is 0 Å². The summed E-state index contributed by atoms with van der Waals surface area (Å²) < 4.78 is 22.7. The van der Waals surface area contributed by atoms with E-state index in [4.69, 9.17) is 17.0 Å². The van der Waals surface area contributed by atoms with Gasteiger partial charge in [0.15, 0.2) is 0 Å². The summed E-state index contributed by atoms with van der Waals surface area (Å²) in [4.78, 5) is 7.21. The van der Waals surface area contributed by atoms with Gasteiger partial charge in [-0.25, -0.2) is 4.21 Å². The molecule has 0 spiro atoms. The molecule has 2 heterocycles. The first-order valence-electron chi connectivity index (χ1n) is 8.35. The third kappa shape index (κ3) is 5.88. The number of hydrogen-bond acceptors (Lipinski definition) is 5. The Morgan fingerprint density at radius 3 is 2.79 bits per heavy atom. The van der Waals surface area contributed by atoms with Gasteiger partial charge in [0.2, 0.25) is 0 Å². The predicted molar refractivity (Wildman–Crippen MR) is 103 cm³/mol. The van der Waals surface area contributed by atoms with Crippen LogP contribution < -0.4 is 0 Å². The van der Waals surface area contributed by atoms with E-state index in [1.54, 1.807) is 12.5 Å². The number of pyridine rings is 1. The van der Waals surface area contributed by atoms with Crippen molar-refractivity contribution in [2.75, 3.05) is 39.1 Å². The molecule has 0 bridgehead atoms. The van der Waals surface area contributed by atoms with Crippen LogP contribution in [0.4, 0.5) is 0 Å². The molecule has 1 saturated heterocycles. The molecule has 0 amide bonds. The van der Waals surface area contributed by atoms with Crippen LogP contribution in [0.5, 0.6) is 0 Å². The van der Waals surface area contributed by atoms with E-state index in [1.807, 2.05) is 26.0 Å². The Bertz CT molecular complexity index is 661. The van der Waals surface area contributed by atoms with Crippen LogP contribution in [0.25, 0.3) is 0 Å². The lowest BCUT2D eigenvalue weighted by atomic mass is 10.2. The minimum absolute atomic E-state index is 0.192. The first-order valence-corrected chi connectivity index (χ1v) is 10.7. The first-order chi connectivity index (χ1) is 11.4. The van der Waals surface area contributed by atoms with Crippen LogP contribution in [-0.2, 0) is 14.5 Å². The van der Waals surface area contributed by atoms with Crippen LogP contribution in [0.3, 0.4) is 0 Å². The molecule has 134 valence electrons. The summed E-state index contributed by atoms with van der Waals surface area (Å²) in [5.74, 6) is 0. The van der Waals surface area contributed by atoms with Gasteiger partial charge in [-0.3, -0.25) is 9.88 Å². The first kappa shape index (κ1) is 19.4. The van der Waals surface area contributed by atoms with E-state index in [0.717, 1.165) is 50.5 Å². The SMILES string of the molecule is Cc1ccc(C(C)S(C)(=O)=NC(=S)CCCN2CCOCC2)cn1. The molecular weight excluding hydrogens is 342 g/mol. The van der Waals surface area contributed by atoms with Crippen LogP contribution in [0.15, 0.2) is 22.7 Å². The van der Waals surface area contributed by atoms with Crippen LogP contribution >= 0.6 is 12.2 Å². The highest BCUT2D eigenvalue weighted by molar-refractivity contribution is 7.94. The maximum Gasteiger partial charge on any atom is 0.113 e. The van der Waals surface area contributed by atoms with Crippen LogP contribution in [0.2, 0.25) is 0 Å². The molecule has 2 unspecified atom stereocenters. The van der Waals surface area contributed by atoms with Crippen molar-refractivity contribution in [1.82, 2.24) is 9.88 Å². The van der Waals surface area contributed by atoms with Gasteiger partial charge in [-0.1, -0.05) is 18.3 Å². The summed E-state index contributed by atoms with van der Waals surface area (Å²) in [5, 5.41) is -0.192. The average molecular weight is 370 g/mol. The summed E-state index contributed by atoms with van der Waals surface area (Å²) in [5.41, 5.74) is 1.89. The lowest BCUT2D eigenvalue weighted by Crippen LogP contribution is -2.36. The number of thiocarbonyl (C=S) groups is 1. The lowest BCUT2D eigenvalue weighted by Gasteiger charge is -2.26. The second kappa shape index (κ2) is 8.99. The summed E-state index contributed by atoms with van der Waals surface area (Å²) >= 11 is 5.35. The highest BCUT2D eigenvalue weighted by Crippen LogP contribution is 2.23. The molecule has 2 rings (SSSR count). The standard InChI is InChI=1S/C17H27N3O2S2/c1-14-6-7-16(13-18-14)15(2)24(3,21)19-17(23)5-4-8-20-9-11-22-12-10-20/h6-7,13,15H,4-5,8-12H2,1-3H3. The van der Waals surface area contributed by atoms with Gasteiger partial charge in [-0.2, -0.15) is 4.36 Å². The number of ether oxygens (including phenoxy) is 1. The molecule has 1 aliphatic heterocycles. The number of morpholine rings is 1. The summed E-state index contributed by atoms with van der Waals surface area (Å²) in [6.07, 6.45) is 5.11. The van der Waals surface area contributed by atoms with Crippen molar-refractivity contribution >= 4 is 26.9 Å². The van der Waals surface area contributed by atoms with Gasteiger partial charge < -0.3 is 4.74 Å². The van der Waals surface area contributed by atoms with Crippen molar-refractivity contribution in [2.45, 2.75) is 31.9 Å². The largest absolute Gasteiger partial charge is 0.379 e. The Balaban J connectivity index is 1.90. The zero-order valence-corrected chi connectivity index (χ0v) is 16.4. The predicted octanol–water partition coefficient (Wildman–Crippen LogP) is 2.99. The number of nitrogens with zero attached hydrogens (tertiary/aromatic N) is 3. The van der Waals surface area contributed by atoms with Gasteiger partial charge in [0.25, 0.3) is 0 Å². The monoisotopic (exact) mass is 369 g/mol. The minimum Gasteiger partial charge on any atom is -0.379 e. The summed E-state index contributed by atoms with van der Waals surface area (Å²) in [6, 6.07) is 3.90. The molecule has 1 fully saturated rings. The van der Waals surface area contributed by atoms with E-state index in [9.17, 15) is 4.21 Å². The second-order valence-corrected chi connectivity index (χ2v) is 9.36. The molecule has 24 heavy (non-hydrogen) atoms. The number of aryl methyl sites for hydroxylation is 1. The Kier molecular flexibility index (Phi) is 7.28. The third-order valence-corrected chi connectivity index (χ3v) is 6.89.